The van der Waals surface area contributed by atoms with Crippen molar-refractivity contribution in [2.24, 2.45) is 5.73 Å². The van der Waals surface area contributed by atoms with Gasteiger partial charge in [-0.1, -0.05) is 78.9 Å². The van der Waals surface area contributed by atoms with Crippen LogP contribution in [0, 0.1) is 5.41 Å². The van der Waals surface area contributed by atoms with Crippen molar-refractivity contribution in [1.29, 1.82) is 5.41 Å². The SMILES string of the molecule is CCO[C@](C)(C(=O)NCc1ccc(C(=N)N)cc1)c1ccc(-c2ccccc2)cc1.Cl. The molecule has 0 saturated heterocycles. The number of carbonyl (C=O) groups excluding carboxylic acids is 1. The molecule has 0 radical (unpaired) electrons. The summed E-state index contributed by atoms with van der Waals surface area (Å²) in [6.45, 7) is 4.45. The minimum atomic E-state index is -1.09. The number of amidine groups is 1. The molecule has 3 aromatic rings. The Hall–Kier alpha value is -3.15. The fourth-order valence-corrected chi connectivity index (χ4v) is 3.33. The Balaban J connectivity index is 0.00000341. The third kappa shape index (κ3) is 5.72. The highest BCUT2D eigenvalue weighted by Crippen LogP contribution is 2.29. The van der Waals surface area contributed by atoms with E-state index in [9.17, 15) is 4.79 Å². The molecule has 1 amide bonds. The van der Waals surface area contributed by atoms with E-state index in [-0.39, 0.29) is 24.1 Å². The number of nitrogens with two attached hydrogens (primary N) is 1. The summed E-state index contributed by atoms with van der Waals surface area (Å²) in [4.78, 5) is 13.1. The van der Waals surface area contributed by atoms with E-state index in [1.54, 1.807) is 19.1 Å². The van der Waals surface area contributed by atoms with Gasteiger partial charge in [-0.25, -0.2) is 0 Å². The number of halogens is 1. The predicted octanol–water partition coefficient (Wildman–Crippen LogP) is 4.63. The first-order chi connectivity index (χ1) is 14.4. The smallest absolute Gasteiger partial charge is 0.256 e. The molecule has 0 spiro atoms. The van der Waals surface area contributed by atoms with Gasteiger partial charge in [-0.05, 0) is 36.1 Å². The normalized spacial score (nSPS) is 12.3. The third-order valence-corrected chi connectivity index (χ3v) is 5.13. The van der Waals surface area contributed by atoms with E-state index in [2.05, 4.69) is 17.4 Å². The molecule has 1 atom stereocenters. The standard InChI is InChI=1S/C25H27N3O2.ClH/c1-3-30-25(2,22-15-13-20(14-16-22)19-7-5-4-6-8-19)24(29)28-17-18-9-11-21(12-10-18)23(26)27;/h4-16H,3,17H2,1-2H3,(H3,26,27)(H,28,29);1H/t25-;/m0./s1. The molecule has 0 aliphatic rings. The zero-order chi connectivity index (χ0) is 21.6. The molecule has 0 saturated carbocycles. The van der Waals surface area contributed by atoms with Gasteiger partial charge < -0.3 is 15.8 Å². The second-order valence-electron chi connectivity index (χ2n) is 7.20. The summed E-state index contributed by atoms with van der Waals surface area (Å²) < 4.78 is 5.91. The van der Waals surface area contributed by atoms with Gasteiger partial charge in [0.05, 0.1) is 0 Å². The van der Waals surface area contributed by atoms with Crippen LogP contribution in [-0.2, 0) is 21.7 Å². The highest BCUT2D eigenvalue weighted by Gasteiger charge is 2.35. The van der Waals surface area contributed by atoms with Crippen LogP contribution in [0.15, 0.2) is 78.9 Å². The van der Waals surface area contributed by atoms with Gasteiger partial charge in [-0.2, -0.15) is 0 Å². The van der Waals surface area contributed by atoms with E-state index in [4.69, 9.17) is 15.9 Å². The summed E-state index contributed by atoms with van der Waals surface area (Å²) in [6.07, 6.45) is 0. The minimum absolute atomic E-state index is 0. The lowest BCUT2D eigenvalue weighted by Gasteiger charge is -2.29. The summed E-state index contributed by atoms with van der Waals surface area (Å²) in [5, 5.41) is 10.4. The van der Waals surface area contributed by atoms with Crippen molar-refractivity contribution >= 4 is 24.1 Å². The monoisotopic (exact) mass is 437 g/mol. The van der Waals surface area contributed by atoms with Crippen LogP contribution in [0.3, 0.4) is 0 Å². The average molecular weight is 438 g/mol. The first kappa shape index (κ1) is 24.1. The van der Waals surface area contributed by atoms with Crippen molar-refractivity contribution in [3.63, 3.8) is 0 Å². The Morgan fingerprint density at radius 3 is 2.10 bits per heavy atom. The number of amides is 1. The number of rotatable bonds is 8. The highest BCUT2D eigenvalue weighted by molar-refractivity contribution is 5.94. The Kier molecular flexibility index (Phi) is 8.37. The van der Waals surface area contributed by atoms with Gasteiger partial charge in [0.25, 0.3) is 5.91 Å². The van der Waals surface area contributed by atoms with Gasteiger partial charge in [0.1, 0.15) is 5.84 Å². The fraction of sp³-hybridized carbons (Fsp3) is 0.200. The van der Waals surface area contributed by atoms with Gasteiger partial charge in [0.2, 0.25) is 0 Å². The summed E-state index contributed by atoms with van der Waals surface area (Å²) in [5.41, 5.74) is 8.98. The van der Waals surface area contributed by atoms with Crippen LogP contribution in [0.1, 0.15) is 30.5 Å². The molecule has 0 aliphatic carbocycles. The summed E-state index contributed by atoms with van der Waals surface area (Å²) in [5.74, 6) is -0.180. The molecule has 162 valence electrons. The van der Waals surface area contributed by atoms with Gasteiger partial charge in [0, 0.05) is 18.7 Å². The van der Waals surface area contributed by atoms with Gasteiger partial charge in [-0.3, -0.25) is 10.2 Å². The van der Waals surface area contributed by atoms with E-state index in [1.165, 1.54) is 0 Å². The van der Waals surface area contributed by atoms with Gasteiger partial charge >= 0.3 is 0 Å². The average Bonchev–Trinajstić information content (AvgIpc) is 2.78. The summed E-state index contributed by atoms with van der Waals surface area (Å²) >= 11 is 0. The second kappa shape index (κ2) is 10.8. The fourth-order valence-electron chi connectivity index (χ4n) is 3.33. The van der Waals surface area contributed by atoms with E-state index in [0.29, 0.717) is 18.7 Å². The molecular weight excluding hydrogens is 410 g/mol. The molecule has 3 rings (SSSR count). The van der Waals surface area contributed by atoms with E-state index >= 15 is 0 Å². The molecule has 31 heavy (non-hydrogen) atoms. The van der Waals surface area contributed by atoms with E-state index < -0.39 is 5.60 Å². The number of hydrogen-bond donors (Lipinski definition) is 3. The van der Waals surface area contributed by atoms with Crippen LogP contribution < -0.4 is 11.1 Å². The summed E-state index contributed by atoms with van der Waals surface area (Å²) in [6, 6.07) is 25.3. The van der Waals surface area contributed by atoms with Crippen LogP contribution in [0.4, 0.5) is 0 Å². The van der Waals surface area contributed by atoms with Crippen LogP contribution >= 0.6 is 12.4 Å². The molecule has 0 bridgehead atoms. The van der Waals surface area contributed by atoms with E-state index in [1.807, 2.05) is 61.5 Å². The minimum Gasteiger partial charge on any atom is -0.384 e. The lowest BCUT2D eigenvalue weighted by Crippen LogP contribution is -2.44. The molecule has 5 nitrogen and oxygen atoms in total. The first-order valence-corrected chi connectivity index (χ1v) is 9.95. The maximum absolute atomic E-state index is 13.1. The molecule has 0 aromatic heterocycles. The number of ether oxygens (including phenoxy) is 1. The molecule has 0 fully saturated rings. The number of benzene rings is 3. The number of carbonyl (C=O) groups is 1. The Bertz CT molecular complexity index is 1010. The van der Waals surface area contributed by atoms with E-state index in [0.717, 1.165) is 22.3 Å². The van der Waals surface area contributed by atoms with Crippen LogP contribution in [0.25, 0.3) is 11.1 Å². The van der Waals surface area contributed by atoms with Crippen molar-refractivity contribution in [3.8, 4) is 11.1 Å². The molecule has 4 N–H and O–H groups in total. The number of nitrogens with one attached hydrogen (secondary N) is 2. The second-order valence-corrected chi connectivity index (χ2v) is 7.20. The molecule has 0 unspecified atom stereocenters. The quantitative estimate of drug-likeness (QED) is 0.354. The Morgan fingerprint density at radius 1 is 0.968 bits per heavy atom. The third-order valence-electron chi connectivity index (χ3n) is 5.13. The predicted molar refractivity (Wildman–Crippen MR) is 127 cm³/mol. The zero-order valence-electron chi connectivity index (χ0n) is 17.7. The lowest BCUT2D eigenvalue weighted by atomic mass is 9.92. The van der Waals surface area contributed by atoms with Crippen LogP contribution in [0.5, 0.6) is 0 Å². The largest absolute Gasteiger partial charge is 0.384 e. The molecule has 3 aromatic carbocycles. The van der Waals surface area contributed by atoms with Crippen molar-refractivity contribution in [2.75, 3.05) is 6.61 Å². The number of hydrogen-bond acceptors (Lipinski definition) is 3. The molecule has 0 heterocycles. The molecule has 0 aliphatic heterocycles. The van der Waals surface area contributed by atoms with Crippen molar-refractivity contribution in [3.05, 3.63) is 95.6 Å². The molecular formula is C25H28ClN3O2. The zero-order valence-corrected chi connectivity index (χ0v) is 18.5. The van der Waals surface area contributed by atoms with Crippen LogP contribution in [0.2, 0.25) is 0 Å². The topological polar surface area (TPSA) is 88.2 Å². The maximum atomic E-state index is 13.1. The van der Waals surface area contributed by atoms with Crippen molar-refractivity contribution in [1.82, 2.24) is 5.32 Å². The summed E-state index contributed by atoms with van der Waals surface area (Å²) in [7, 11) is 0. The number of nitrogen functional groups attached to an aromatic ring is 1. The first-order valence-electron chi connectivity index (χ1n) is 9.95. The van der Waals surface area contributed by atoms with Crippen LogP contribution in [-0.4, -0.2) is 18.3 Å². The van der Waals surface area contributed by atoms with Crippen molar-refractivity contribution < 1.29 is 9.53 Å². The van der Waals surface area contributed by atoms with Gasteiger partial charge in [-0.15, -0.1) is 12.4 Å². The Labute approximate surface area is 189 Å². The highest BCUT2D eigenvalue weighted by atomic mass is 35.5. The maximum Gasteiger partial charge on any atom is 0.256 e. The molecule has 6 heteroatoms. The lowest BCUT2D eigenvalue weighted by molar-refractivity contribution is -0.146. The Morgan fingerprint density at radius 2 is 1.55 bits per heavy atom. The van der Waals surface area contributed by atoms with Gasteiger partial charge in [0.15, 0.2) is 5.60 Å². The van der Waals surface area contributed by atoms with Crippen molar-refractivity contribution in [2.45, 2.75) is 26.0 Å².